The lowest BCUT2D eigenvalue weighted by atomic mass is 9.96. The van der Waals surface area contributed by atoms with Crippen LogP contribution in [-0.2, 0) is 16.1 Å². The molecule has 9 nitrogen and oxygen atoms in total. The second-order valence-electron chi connectivity index (χ2n) is 9.12. The standard InChI is InChI=1S/C28H33NO8/c1-6-36-28(32)18-8-7-9-29(14-18)15-19-20(30)10-16(2)24-25(31)21(37-26(19)24)11-17-12-22(33-3)27(35-5)23(13-17)34-4/h10-13,18,30H,6-9,14-15H2,1-5H3/b21-11-. The number of esters is 1. The Balaban J connectivity index is 1.65. The Morgan fingerprint density at radius 3 is 2.49 bits per heavy atom. The lowest BCUT2D eigenvalue weighted by Crippen LogP contribution is -2.39. The summed E-state index contributed by atoms with van der Waals surface area (Å²) in [5.41, 5.74) is 2.19. The Kier molecular flexibility index (Phi) is 7.92. The third kappa shape index (κ3) is 5.22. The van der Waals surface area contributed by atoms with E-state index in [1.807, 2.05) is 0 Å². The summed E-state index contributed by atoms with van der Waals surface area (Å²) < 4.78 is 27.5. The summed E-state index contributed by atoms with van der Waals surface area (Å²) in [4.78, 5) is 27.8. The second-order valence-corrected chi connectivity index (χ2v) is 9.12. The van der Waals surface area contributed by atoms with Crippen molar-refractivity contribution in [3.8, 4) is 28.7 Å². The summed E-state index contributed by atoms with van der Waals surface area (Å²) in [6.45, 7) is 5.53. The summed E-state index contributed by atoms with van der Waals surface area (Å²) in [6.07, 6.45) is 3.22. The van der Waals surface area contributed by atoms with Crippen LogP contribution < -0.4 is 18.9 Å². The molecule has 0 radical (unpaired) electrons. The Morgan fingerprint density at radius 2 is 1.86 bits per heavy atom. The van der Waals surface area contributed by atoms with Gasteiger partial charge in [0.25, 0.3) is 0 Å². The van der Waals surface area contributed by atoms with Gasteiger partial charge in [-0.3, -0.25) is 14.5 Å². The number of ketones is 1. The number of nitrogens with zero attached hydrogens (tertiary/aromatic N) is 1. The molecule has 0 spiro atoms. The number of carbonyl (C=O) groups excluding carboxylic acids is 2. The number of rotatable bonds is 8. The van der Waals surface area contributed by atoms with Crippen LogP contribution in [0.2, 0.25) is 0 Å². The maximum atomic E-state index is 13.4. The molecule has 2 aromatic carbocycles. The summed E-state index contributed by atoms with van der Waals surface area (Å²) in [6, 6.07) is 5.04. The molecule has 1 fully saturated rings. The number of fused-ring (bicyclic) bond motifs is 1. The molecule has 0 aliphatic carbocycles. The third-order valence-electron chi connectivity index (χ3n) is 6.71. The first-order valence-electron chi connectivity index (χ1n) is 12.3. The molecule has 2 aromatic rings. The first kappa shape index (κ1) is 26.3. The van der Waals surface area contributed by atoms with Crippen molar-refractivity contribution in [1.29, 1.82) is 0 Å². The van der Waals surface area contributed by atoms with Gasteiger partial charge >= 0.3 is 5.97 Å². The minimum Gasteiger partial charge on any atom is -0.507 e. The van der Waals surface area contributed by atoms with Gasteiger partial charge in [-0.15, -0.1) is 0 Å². The zero-order valence-electron chi connectivity index (χ0n) is 21.9. The fourth-order valence-corrected chi connectivity index (χ4v) is 4.94. The topological polar surface area (TPSA) is 104 Å². The Morgan fingerprint density at radius 1 is 1.16 bits per heavy atom. The van der Waals surface area contributed by atoms with Gasteiger partial charge in [-0.1, -0.05) is 0 Å². The summed E-state index contributed by atoms with van der Waals surface area (Å²) in [7, 11) is 4.56. The molecule has 1 saturated heterocycles. The number of benzene rings is 2. The monoisotopic (exact) mass is 511 g/mol. The predicted octanol–water partition coefficient (Wildman–Crippen LogP) is 4.12. The zero-order valence-corrected chi connectivity index (χ0v) is 21.9. The molecule has 2 heterocycles. The lowest BCUT2D eigenvalue weighted by Gasteiger charge is -2.31. The maximum absolute atomic E-state index is 13.4. The van der Waals surface area contributed by atoms with Crippen LogP contribution >= 0.6 is 0 Å². The molecule has 0 aromatic heterocycles. The number of likely N-dealkylation sites (tertiary alicyclic amines) is 1. The molecule has 1 unspecified atom stereocenters. The minimum absolute atomic E-state index is 0.0522. The highest BCUT2D eigenvalue weighted by Gasteiger charge is 2.35. The number of phenols is 1. The van der Waals surface area contributed by atoms with Crippen molar-refractivity contribution in [2.24, 2.45) is 5.92 Å². The Bertz CT molecular complexity index is 1210. The fraction of sp³-hybridized carbons (Fsp3) is 0.429. The Hall–Kier alpha value is -3.72. The number of phenolic OH excluding ortho intramolecular Hbond substituents is 1. The highest BCUT2D eigenvalue weighted by Crippen LogP contribution is 2.44. The Labute approximate surface area is 216 Å². The van der Waals surface area contributed by atoms with Gasteiger partial charge < -0.3 is 28.8 Å². The number of hydrogen-bond acceptors (Lipinski definition) is 9. The van der Waals surface area contributed by atoms with Crippen LogP contribution in [-0.4, -0.2) is 62.8 Å². The average Bonchev–Trinajstić information content (AvgIpc) is 3.22. The van der Waals surface area contributed by atoms with Crippen molar-refractivity contribution in [2.45, 2.75) is 33.2 Å². The average molecular weight is 512 g/mol. The number of piperidine rings is 1. The molecule has 0 bridgehead atoms. The molecule has 0 saturated carbocycles. The van der Waals surface area contributed by atoms with E-state index in [4.69, 9.17) is 23.7 Å². The SMILES string of the molecule is CCOC(=O)C1CCCN(Cc2c(O)cc(C)c3c2O/C(=C\c2cc(OC)c(OC)c(OC)c2)C3=O)C1. The summed E-state index contributed by atoms with van der Waals surface area (Å²) in [5, 5.41) is 10.8. The fourth-order valence-electron chi connectivity index (χ4n) is 4.94. The van der Waals surface area contributed by atoms with E-state index in [-0.39, 0.29) is 29.2 Å². The van der Waals surface area contributed by atoms with Crippen molar-refractivity contribution in [3.05, 3.63) is 46.2 Å². The summed E-state index contributed by atoms with van der Waals surface area (Å²) >= 11 is 0. The van der Waals surface area contributed by atoms with Crippen LogP contribution in [0.15, 0.2) is 24.0 Å². The highest BCUT2D eigenvalue weighted by atomic mass is 16.5. The molecule has 2 aliphatic heterocycles. The van der Waals surface area contributed by atoms with E-state index in [9.17, 15) is 14.7 Å². The van der Waals surface area contributed by atoms with E-state index < -0.39 is 0 Å². The molecule has 37 heavy (non-hydrogen) atoms. The van der Waals surface area contributed by atoms with Gasteiger partial charge in [0, 0.05) is 13.1 Å². The number of methoxy groups -OCH3 is 3. The van der Waals surface area contributed by atoms with Crippen LogP contribution in [0.1, 0.15) is 46.8 Å². The van der Waals surface area contributed by atoms with Crippen molar-refractivity contribution >= 4 is 17.8 Å². The van der Waals surface area contributed by atoms with E-state index in [0.717, 1.165) is 19.4 Å². The van der Waals surface area contributed by atoms with Crippen LogP contribution in [0.25, 0.3) is 6.08 Å². The van der Waals surface area contributed by atoms with Gasteiger partial charge in [0.05, 0.1) is 45.0 Å². The molecule has 0 amide bonds. The van der Waals surface area contributed by atoms with Crippen molar-refractivity contribution in [1.82, 2.24) is 4.90 Å². The first-order chi connectivity index (χ1) is 17.8. The molecule has 1 N–H and O–H groups in total. The van der Waals surface area contributed by atoms with Crippen molar-refractivity contribution < 1.29 is 38.4 Å². The molecule has 1 atom stereocenters. The normalized spacial score (nSPS) is 18.4. The van der Waals surface area contributed by atoms with Gasteiger partial charge in [0.15, 0.2) is 17.3 Å². The maximum Gasteiger partial charge on any atom is 0.310 e. The van der Waals surface area contributed by atoms with E-state index in [1.54, 1.807) is 38.1 Å². The number of hydrogen-bond donors (Lipinski definition) is 1. The molecule has 2 aliphatic rings. The largest absolute Gasteiger partial charge is 0.507 e. The van der Waals surface area contributed by atoms with Crippen molar-refractivity contribution in [2.75, 3.05) is 41.0 Å². The van der Waals surface area contributed by atoms with Gasteiger partial charge in [-0.05, 0) is 68.6 Å². The van der Waals surface area contributed by atoms with E-state index in [0.29, 0.717) is 64.9 Å². The van der Waals surface area contributed by atoms with Crippen LogP contribution in [0.4, 0.5) is 0 Å². The van der Waals surface area contributed by atoms with E-state index >= 15 is 0 Å². The number of aromatic hydroxyl groups is 1. The molecular weight excluding hydrogens is 478 g/mol. The smallest absolute Gasteiger partial charge is 0.310 e. The van der Waals surface area contributed by atoms with Gasteiger partial charge in [0.2, 0.25) is 11.5 Å². The quantitative estimate of drug-likeness (QED) is 0.414. The number of Topliss-reactive ketones (excluding diaryl/α,β-unsaturated/α-hetero) is 1. The molecule has 9 heteroatoms. The lowest BCUT2D eigenvalue weighted by molar-refractivity contribution is -0.150. The number of allylic oxidation sites excluding steroid dienone is 1. The summed E-state index contributed by atoms with van der Waals surface area (Å²) in [5.74, 6) is 1.18. The predicted molar refractivity (Wildman–Crippen MR) is 137 cm³/mol. The molecule has 198 valence electrons. The second kappa shape index (κ2) is 11.1. The van der Waals surface area contributed by atoms with E-state index in [1.165, 1.54) is 21.3 Å². The first-order valence-corrected chi connectivity index (χ1v) is 12.3. The number of aryl methyl sites for hydroxylation is 1. The zero-order chi connectivity index (χ0) is 26.7. The molecular formula is C28H33NO8. The van der Waals surface area contributed by atoms with Gasteiger partial charge in [-0.25, -0.2) is 0 Å². The third-order valence-corrected chi connectivity index (χ3v) is 6.71. The number of ether oxygens (including phenoxy) is 5. The van der Waals surface area contributed by atoms with Crippen molar-refractivity contribution in [3.63, 3.8) is 0 Å². The van der Waals surface area contributed by atoms with Gasteiger partial charge in [0.1, 0.15) is 11.5 Å². The minimum atomic E-state index is -0.273. The van der Waals surface area contributed by atoms with Crippen LogP contribution in [0.3, 0.4) is 0 Å². The van der Waals surface area contributed by atoms with E-state index in [2.05, 4.69) is 4.90 Å². The highest BCUT2D eigenvalue weighted by molar-refractivity contribution is 6.16. The molecule has 4 rings (SSSR count). The van der Waals surface area contributed by atoms with Crippen LogP contribution in [0.5, 0.6) is 28.7 Å². The van der Waals surface area contributed by atoms with Gasteiger partial charge in [-0.2, -0.15) is 0 Å². The van der Waals surface area contributed by atoms with Crippen LogP contribution in [0, 0.1) is 12.8 Å². The number of carbonyl (C=O) groups is 2.